The third-order valence-corrected chi connectivity index (χ3v) is 4.97. The van der Waals surface area contributed by atoms with E-state index in [9.17, 15) is 10.1 Å². The standard InChI is InChI=1S/C27H25ClN2O3/c1-4-32-26-15-20(5-10-25(26)33-17-21-12-18(2)11-19(3)13-21)14-22(16-29)27(31)30-24-8-6-23(28)7-9-24/h5-15H,4,17H2,1-3H3,(H,30,31)/b22-14+. The van der Waals surface area contributed by atoms with Gasteiger partial charge in [0.1, 0.15) is 18.2 Å². The number of carbonyl (C=O) groups excluding carboxylic acids is 1. The number of hydrogen-bond acceptors (Lipinski definition) is 4. The minimum atomic E-state index is -0.507. The summed E-state index contributed by atoms with van der Waals surface area (Å²) in [4.78, 5) is 12.5. The molecule has 1 N–H and O–H groups in total. The zero-order chi connectivity index (χ0) is 23.8. The number of benzene rings is 3. The van der Waals surface area contributed by atoms with Crippen molar-refractivity contribution in [2.75, 3.05) is 11.9 Å². The summed E-state index contributed by atoms with van der Waals surface area (Å²) in [6.07, 6.45) is 1.52. The van der Waals surface area contributed by atoms with E-state index in [1.165, 1.54) is 17.2 Å². The van der Waals surface area contributed by atoms with Gasteiger partial charge in [-0.05, 0) is 74.4 Å². The third-order valence-electron chi connectivity index (χ3n) is 4.72. The Kier molecular flexibility index (Phi) is 8.12. The summed E-state index contributed by atoms with van der Waals surface area (Å²) in [7, 11) is 0. The molecule has 0 bridgehead atoms. The molecule has 0 aliphatic rings. The molecule has 33 heavy (non-hydrogen) atoms. The molecule has 5 nitrogen and oxygen atoms in total. The van der Waals surface area contributed by atoms with Crippen molar-refractivity contribution in [3.8, 4) is 17.6 Å². The number of hydrogen-bond donors (Lipinski definition) is 1. The van der Waals surface area contributed by atoms with E-state index in [4.69, 9.17) is 21.1 Å². The maximum atomic E-state index is 12.5. The van der Waals surface area contributed by atoms with Gasteiger partial charge in [-0.2, -0.15) is 5.26 Å². The summed E-state index contributed by atoms with van der Waals surface area (Å²) in [6.45, 7) is 6.86. The molecule has 0 aliphatic carbocycles. The van der Waals surface area contributed by atoms with Crippen molar-refractivity contribution in [1.82, 2.24) is 0 Å². The smallest absolute Gasteiger partial charge is 0.266 e. The molecule has 6 heteroatoms. The van der Waals surface area contributed by atoms with E-state index < -0.39 is 5.91 Å². The Morgan fingerprint density at radius 3 is 2.33 bits per heavy atom. The Balaban J connectivity index is 1.78. The van der Waals surface area contributed by atoms with Crippen LogP contribution in [0, 0.1) is 25.2 Å². The molecule has 0 radical (unpaired) electrons. The molecular weight excluding hydrogens is 436 g/mol. The van der Waals surface area contributed by atoms with Gasteiger partial charge >= 0.3 is 0 Å². The van der Waals surface area contributed by atoms with E-state index in [-0.39, 0.29) is 5.57 Å². The first kappa shape index (κ1) is 23.9. The molecule has 3 aromatic rings. The van der Waals surface area contributed by atoms with Gasteiger partial charge in [0.15, 0.2) is 11.5 Å². The Morgan fingerprint density at radius 2 is 1.70 bits per heavy atom. The second-order valence-corrected chi connectivity index (χ2v) is 7.99. The van der Waals surface area contributed by atoms with Crippen molar-refractivity contribution in [2.45, 2.75) is 27.4 Å². The van der Waals surface area contributed by atoms with Crippen molar-refractivity contribution in [2.24, 2.45) is 0 Å². The van der Waals surface area contributed by atoms with Crippen molar-refractivity contribution in [3.63, 3.8) is 0 Å². The summed E-state index contributed by atoms with van der Waals surface area (Å²) < 4.78 is 11.8. The fourth-order valence-corrected chi connectivity index (χ4v) is 3.49. The average molecular weight is 461 g/mol. The zero-order valence-electron chi connectivity index (χ0n) is 18.8. The van der Waals surface area contributed by atoms with Crippen LogP contribution in [0.15, 0.2) is 66.2 Å². The van der Waals surface area contributed by atoms with Gasteiger partial charge in [0.25, 0.3) is 5.91 Å². The minimum Gasteiger partial charge on any atom is -0.490 e. The lowest BCUT2D eigenvalue weighted by atomic mass is 10.1. The molecule has 3 rings (SSSR count). The Hall–Kier alpha value is -3.75. The quantitative estimate of drug-likeness (QED) is 0.308. The molecule has 1 amide bonds. The third kappa shape index (κ3) is 6.86. The van der Waals surface area contributed by atoms with Crippen molar-refractivity contribution in [3.05, 3.63) is 93.5 Å². The highest BCUT2D eigenvalue weighted by Gasteiger charge is 2.12. The lowest BCUT2D eigenvalue weighted by Crippen LogP contribution is -2.13. The molecule has 0 saturated carbocycles. The highest BCUT2D eigenvalue weighted by Crippen LogP contribution is 2.30. The lowest BCUT2D eigenvalue weighted by molar-refractivity contribution is -0.112. The van der Waals surface area contributed by atoms with E-state index in [1.807, 2.05) is 13.0 Å². The maximum Gasteiger partial charge on any atom is 0.266 e. The van der Waals surface area contributed by atoms with E-state index in [2.05, 4.69) is 37.4 Å². The number of halogens is 1. The first-order valence-corrected chi connectivity index (χ1v) is 10.9. The van der Waals surface area contributed by atoms with Gasteiger partial charge in [0.05, 0.1) is 6.61 Å². The van der Waals surface area contributed by atoms with E-state index in [0.717, 1.165) is 5.56 Å². The maximum absolute atomic E-state index is 12.5. The van der Waals surface area contributed by atoms with Crippen LogP contribution in [0.2, 0.25) is 5.02 Å². The number of ether oxygens (including phenoxy) is 2. The molecule has 0 aliphatic heterocycles. The molecule has 0 unspecified atom stereocenters. The Bertz CT molecular complexity index is 1190. The number of amides is 1. The number of rotatable bonds is 8. The van der Waals surface area contributed by atoms with Crippen LogP contribution in [0.3, 0.4) is 0 Å². The topological polar surface area (TPSA) is 71.3 Å². The second-order valence-electron chi connectivity index (χ2n) is 7.55. The van der Waals surface area contributed by atoms with Gasteiger partial charge in [0, 0.05) is 10.7 Å². The molecule has 0 spiro atoms. The van der Waals surface area contributed by atoms with Crippen LogP contribution < -0.4 is 14.8 Å². The first-order valence-electron chi connectivity index (χ1n) is 10.5. The fourth-order valence-electron chi connectivity index (χ4n) is 3.36. The number of aryl methyl sites for hydroxylation is 2. The van der Waals surface area contributed by atoms with Crippen molar-refractivity contribution < 1.29 is 14.3 Å². The normalized spacial score (nSPS) is 10.9. The van der Waals surface area contributed by atoms with Gasteiger partial charge in [-0.1, -0.05) is 47.0 Å². The van der Waals surface area contributed by atoms with Crippen molar-refractivity contribution in [1.29, 1.82) is 5.26 Å². The SMILES string of the molecule is CCOc1cc(/C=C(\C#N)C(=O)Nc2ccc(Cl)cc2)ccc1OCc1cc(C)cc(C)c1. The summed E-state index contributed by atoms with van der Waals surface area (Å²) in [5.41, 5.74) is 4.61. The molecule has 0 heterocycles. The minimum absolute atomic E-state index is 0.0312. The van der Waals surface area contributed by atoms with Crippen LogP contribution in [0.1, 0.15) is 29.2 Å². The van der Waals surface area contributed by atoms with Gasteiger partial charge in [0.2, 0.25) is 0 Å². The van der Waals surface area contributed by atoms with Gasteiger partial charge in [-0.3, -0.25) is 4.79 Å². The van der Waals surface area contributed by atoms with Gasteiger partial charge in [-0.15, -0.1) is 0 Å². The molecule has 0 atom stereocenters. The number of carbonyl (C=O) groups is 1. The van der Waals surface area contributed by atoms with E-state index in [0.29, 0.717) is 41.0 Å². The molecule has 0 aromatic heterocycles. The van der Waals surface area contributed by atoms with E-state index >= 15 is 0 Å². The highest BCUT2D eigenvalue weighted by molar-refractivity contribution is 6.30. The van der Waals surface area contributed by atoms with Crippen LogP contribution in [-0.4, -0.2) is 12.5 Å². The highest BCUT2D eigenvalue weighted by atomic mass is 35.5. The van der Waals surface area contributed by atoms with Crippen LogP contribution in [-0.2, 0) is 11.4 Å². The second kappa shape index (κ2) is 11.2. The number of nitrogens with zero attached hydrogens (tertiary/aromatic N) is 1. The zero-order valence-corrected chi connectivity index (χ0v) is 19.6. The van der Waals surface area contributed by atoms with Crippen molar-refractivity contribution >= 4 is 29.3 Å². The first-order chi connectivity index (χ1) is 15.9. The number of anilines is 1. The van der Waals surface area contributed by atoms with E-state index in [1.54, 1.807) is 42.5 Å². The Morgan fingerprint density at radius 1 is 1.00 bits per heavy atom. The summed E-state index contributed by atoms with van der Waals surface area (Å²) in [6, 6.07) is 20.2. The number of nitrogens with one attached hydrogen (secondary N) is 1. The number of nitriles is 1. The van der Waals surface area contributed by atoms with Crippen LogP contribution in [0.4, 0.5) is 5.69 Å². The van der Waals surface area contributed by atoms with Gasteiger partial charge < -0.3 is 14.8 Å². The monoisotopic (exact) mass is 460 g/mol. The molecule has 0 saturated heterocycles. The predicted molar refractivity (Wildman–Crippen MR) is 132 cm³/mol. The van der Waals surface area contributed by atoms with Crippen LogP contribution >= 0.6 is 11.6 Å². The van der Waals surface area contributed by atoms with Gasteiger partial charge in [-0.25, -0.2) is 0 Å². The fraction of sp³-hybridized carbons (Fsp3) is 0.185. The molecule has 3 aromatic carbocycles. The molecule has 0 fully saturated rings. The van der Waals surface area contributed by atoms with Crippen LogP contribution in [0.5, 0.6) is 11.5 Å². The largest absolute Gasteiger partial charge is 0.490 e. The molecule has 168 valence electrons. The summed E-state index contributed by atoms with van der Waals surface area (Å²) in [5, 5.41) is 12.8. The lowest BCUT2D eigenvalue weighted by Gasteiger charge is -2.13. The summed E-state index contributed by atoms with van der Waals surface area (Å²) in [5.74, 6) is 0.635. The molecular formula is C27H25ClN2O3. The van der Waals surface area contributed by atoms with Crippen LogP contribution in [0.25, 0.3) is 6.08 Å². The Labute approximate surface area is 199 Å². The predicted octanol–water partition coefficient (Wildman–Crippen LogP) is 6.48. The summed E-state index contributed by atoms with van der Waals surface area (Å²) >= 11 is 5.87. The average Bonchev–Trinajstić information content (AvgIpc) is 2.78.